The minimum atomic E-state index is -1.32. The molecule has 0 aromatic heterocycles. The van der Waals surface area contributed by atoms with Gasteiger partial charge in [-0.15, -0.1) is 0 Å². The Morgan fingerprint density at radius 3 is 2.55 bits per heavy atom. The number of halogens is 3. The molecule has 0 aliphatic carbocycles. The molecule has 2 rings (SSSR count). The van der Waals surface area contributed by atoms with Gasteiger partial charge >= 0.3 is 5.97 Å². The highest BCUT2D eigenvalue weighted by atomic mass is 79.9. The van der Waals surface area contributed by atoms with Crippen molar-refractivity contribution in [3.63, 3.8) is 0 Å². The number of para-hydroxylation sites is 1. The third-order valence-corrected chi connectivity index (χ3v) is 3.36. The Hall–Kier alpha value is -1.95. The van der Waals surface area contributed by atoms with Crippen molar-refractivity contribution in [2.75, 3.05) is 5.32 Å². The maximum absolute atomic E-state index is 13.6. The maximum Gasteiger partial charge on any atom is 0.338 e. The normalized spacial score (nSPS) is 10.3. The highest BCUT2D eigenvalue weighted by Gasteiger charge is 2.11. The summed E-state index contributed by atoms with van der Waals surface area (Å²) in [6.07, 6.45) is 0. The van der Waals surface area contributed by atoms with Gasteiger partial charge in [0.15, 0.2) is 0 Å². The predicted octanol–water partition coefficient (Wildman–Crippen LogP) is 4.04. The fourth-order valence-electron chi connectivity index (χ4n) is 1.70. The van der Waals surface area contributed by atoms with Crippen LogP contribution in [0.25, 0.3) is 0 Å². The second-order valence-corrected chi connectivity index (χ2v) is 4.92. The molecule has 0 aliphatic heterocycles. The Balaban J connectivity index is 2.16. The molecule has 0 radical (unpaired) electrons. The smallest absolute Gasteiger partial charge is 0.338 e. The molecule has 0 heterocycles. The molecule has 0 aliphatic rings. The van der Waals surface area contributed by atoms with E-state index in [0.717, 1.165) is 6.07 Å². The van der Waals surface area contributed by atoms with Crippen LogP contribution >= 0.6 is 15.9 Å². The first kappa shape index (κ1) is 14.5. The molecule has 0 amide bonds. The second kappa shape index (κ2) is 6.00. The summed E-state index contributed by atoms with van der Waals surface area (Å²) in [5.74, 6) is -2.56. The van der Waals surface area contributed by atoms with Gasteiger partial charge in [0.05, 0.1) is 11.3 Å². The fourth-order valence-corrected chi connectivity index (χ4v) is 2.18. The minimum absolute atomic E-state index is 0.177. The number of benzene rings is 2. The van der Waals surface area contributed by atoms with Crippen LogP contribution in [0, 0.1) is 11.6 Å². The lowest BCUT2D eigenvalue weighted by Gasteiger charge is -2.10. The number of carboxylic acid groups (broad SMARTS) is 1. The zero-order chi connectivity index (χ0) is 14.7. The molecule has 0 fully saturated rings. The van der Waals surface area contributed by atoms with Crippen molar-refractivity contribution >= 4 is 27.6 Å². The van der Waals surface area contributed by atoms with Crippen LogP contribution in [-0.2, 0) is 6.54 Å². The van der Waals surface area contributed by atoms with Gasteiger partial charge in [0.25, 0.3) is 0 Å². The van der Waals surface area contributed by atoms with Crippen LogP contribution in [0.15, 0.2) is 40.9 Å². The molecule has 20 heavy (non-hydrogen) atoms. The molecule has 2 N–H and O–H groups in total. The molecule has 0 spiro atoms. The third kappa shape index (κ3) is 3.14. The fraction of sp³-hybridized carbons (Fsp3) is 0.0714. The molecular weight excluding hydrogens is 332 g/mol. The van der Waals surface area contributed by atoms with Crippen molar-refractivity contribution in [3.05, 3.63) is 63.6 Å². The van der Waals surface area contributed by atoms with Crippen LogP contribution in [0.3, 0.4) is 0 Å². The standard InChI is InChI=1S/C14H10BrF2NO2/c15-10-2-1-3-11(16)13(10)18-7-8-4-5-9(14(19)20)12(17)6-8/h1-6,18H,7H2,(H,19,20). The molecule has 0 saturated carbocycles. The van der Waals surface area contributed by atoms with E-state index in [2.05, 4.69) is 21.2 Å². The van der Waals surface area contributed by atoms with Crippen molar-refractivity contribution in [2.24, 2.45) is 0 Å². The molecule has 3 nitrogen and oxygen atoms in total. The number of carbonyl (C=O) groups is 1. The van der Waals surface area contributed by atoms with Gasteiger partial charge in [0.1, 0.15) is 11.6 Å². The van der Waals surface area contributed by atoms with Crippen molar-refractivity contribution in [1.29, 1.82) is 0 Å². The highest BCUT2D eigenvalue weighted by Crippen LogP contribution is 2.25. The summed E-state index contributed by atoms with van der Waals surface area (Å²) in [5.41, 5.74) is 0.402. The van der Waals surface area contributed by atoms with Gasteiger partial charge in [-0.25, -0.2) is 13.6 Å². The molecule has 0 saturated heterocycles. The van der Waals surface area contributed by atoms with Crippen LogP contribution < -0.4 is 5.32 Å². The summed E-state index contributed by atoms with van der Waals surface area (Å²) in [5, 5.41) is 11.6. The summed E-state index contributed by atoms with van der Waals surface area (Å²) < 4.78 is 27.6. The van der Waals surface area contributed by atoms with Gasteiger partial charge in [0.2, 0.25) is 0 Å². The summed E-state index contributed by atoms with van der Waals surface area (Å²) in [6, 6.07) is 8.33. The summed E-state index contributed by atoms with van der Waals surface area (Å²) in [6.45, 7) is 0.177. The van der Waals surface area contributed by atoms with Gasteiger partial charge in [0, 0.05) is 11.0 Å². The number of nitrogens with one attached hydrogen (secondary N) is 1. The Labute approximate surface area is 122 Å². The first-order chi connectivity index (χ1) is 9.49. The molecule has 2 aromatic carbocycles. The molecular formula is C14H10BrF2NO2. The first-order valence-electron chi connectivity index (χ1n) is 5.68. The van der Waals surface area contributed by atoms with Crippen molar-refractivity contribution in [2.45, 2.75) is 6.54 Å². The van der Waals surface area contributed by atoms with E-state index in [0.29, 0.717) is 10.0 Å². The first-order valence-corrected chi connectivity index (χ1v) is 6.48. The average Bonchev–Trinajstić information content (AvgIpc) is 2.37. The van der Waals surface area contributed by atoms with E-state index in [4.69, 9.17) is 5.11 Å². The zero-order valence-corrected chi connectivity index (χ0v) is 11.7. The monoisotopic (exact) mass is 341 g/mol. The van der Waals surface area contributed by atoms with E-state index in [9.17, 15) is 13.6 Å². The SMILES string of the molecule is O=C(O)c1ccc(CNc2c(F)cccc2Br)cc1F. The highest BCUT2D eigenvalue weighted by molar-refractivity contribution is 9.10. The number of rotatable bonds is 4. The van der Waals surface area contributed by atoms with Crippen LogP contribution in [0.1, 0.15) is 15.9 Å². The third-order valence-electron chi connectivity index (χ3n) is 2.70. The second-order valence-electron chi connectivity index (χ2n) is 4.07. The summed E-state index contributed by atoms with van der Waals surface area (Å²) in [7, 11) is 0. The summed E-state index contributed by atoms with van der Waals surface area (Å²) in [4.78, 5) is 10.7. The lowest BCUT2D eigenvalue weighted by atomic mass is 10.1. The Kier molecular flexibility index (Phi) is 4.34. The Morgan fingerprint density at radius 2 is 1.95 bits per heavy atom. The van der Waals surface area contributed by atoms with Crippen LogP contribution in [0.5, 0.6) is 0 Å². The number of hydrogen-bond donors (Lipinski definition) is 2. The largest absolute Gasteiger partial charge is 0.478 e. The lowest BCUT2D eigenvalue weighted by Crippen LogP contribution is -2.05. The maximum atomic E-state index is 13.6. The molecule has 104 valence electrons. The van der Waals surface area contributed by atoms with Gasteiger partial charge in [-0.1, -0.05) is 12.1 Å². The van der Waals surface area contributed by atoms with Crippen LogP contribution in [0.2, 0.25) is 0 Å². The number of hydrogen-bond acceptors (Lipinski definition) is 2. The van der Waals surface area contributed by atoms with E-state index < -0.39 is 17.6 Å². The molecule has 0 atom stereocenters. The van der Waals surface area contributed by atoms with E-state index in [1.165, 1.54) is 18.2 Å². The van der Waals surface area contributed by atoms with E-state index >= 15 is 0 Å². The number of carboxylic acids is 1. The van der Waals surface area contributed by atoms with Gasteiger partial charge in [-0.3, -0.25) is 0 Å². The Morgan fingerprint density at radius 1 is 1.20 bits per heavy atom. The topological polar surface area (TPSA) is 49.3 Å². The van der Waals surface area contributed by atoms with Crippen LogP contribution in [0.4, 0.5) is 14.5 Å². The quantitative estimate of drug-likeness (QED) is 0.882. The van der Waals surface area contributed by atoms with E-state index in [-0.39, 0.29) is 17.8 Å². The number of anilines is 1. The lowest BCUT2D eigenvalue weighted by molar-refractivity contribution is 0.0692. The van der Waals surface area contributed by atoms with Crippen molar-refractivity contribution in [3.8, 4) is 0 Å². The Bertz CT molecular complexity index is 641. The molecule has 2 aromatic rings. The molecule has 6 heteroatoms. The van der Waals surface area contributed by atoms with E-state index in [1.54, 1.807) is 12.1 Å². The average molecular weight is 342 g/mol. The van der Waals surface area contributed by atoms with E-state index in [1.807, 2.05) is 0 Å². The van der Waals surface area contributed by atoms with Crippen LogP contribution in [-0.4, -0.2) is 11.1 Å². The minimum Gasteiger partial charge on any atom is -0.478 e. The molecule has 0 unspecified atom stereocenters. The van der Waals surface area contributed by atoms with Gasteiger partial charge in [-0.05, 0) is 45.8 Å². The molecule has 0 bridgehead atoms. The number of aromatic carboxylic acids is 1. The zero-order valence-electron chi connectivity index (χ0n) is 10.2. The van der Waals surface area contributed by atoms with Crippen molar-refractivity contribution < 1.29 is 18.7 Å². The summed E-state index contributed by atoms with van der Waals surface area (Å²) >= 11 is 3.21. The van der Waals surface area contributed by atoms with Crippen molar-refractivity contribution in [1.82, 2.24) is 0 Å². The van der Waals surface area contributed by atoms with Gasteiger partial charge in [-0.2, -0.15) is 0 Å². The van der Waals surface area contributed by atoms with Gasteiger partial charge < -0.3 is 10.4 Å². The predicted molar refractivity (Wildman–Crippen MR) is 74.8 cm³/mol.